The quantitative estimate of drug-likeness (QED) is 0.860. The van der Waals surface area contributed by atoms with Gasteiger partial charge in [0, 0.05) is 37.6 Å². The number of hydrogen-bond acceptors (Lipinski definition) is 2. The van der Waals surface area contributed by atoms with Crippen molar-refractivity contribution in [3.8, 4) is 0 Å². The topological polar surface area (TPSA) is 40.6 Å². The van der Waals surface area contributed by atoms with E-state index in [0.29, 0.717) is 37.5 Å². The van der Waals surface area contributed by atoms with Gasteiger partial charge in [0.25, 0.3) is 0 Å². The number of carbonyl (C=O) groups excluding carboxylic acids is 2. The molecular formula is C16H21ClN2O2. The normalized spacial score (nSPS) is 15.7. The van der Waals surface area contributed by atoms with Crippen molar-refractivity contribution in [1.82, 2.24) is 9.80 Å². The predicted molar refractivity (Wildman–Crippen MR) is 83.2 cm³/mol. The molecule has 0 aliphatic carbocycles. The Morgan fingerprint density at radius 2 is 1.67 bits per heavy atom. The molecule has 0 N–H and O–H groups in total. The van der Waals surface area contributed by atoms with Crippen LogP contribution in [0.1, 0.15) is 25.3 Å². The van der Waals surface area contributed by atoms with Gasteiger partial charge in [0.15, 0.2) is 0 Å². The van der Waals surface area contributed by atoms with Crippen LogP contribution >= 0.6 is 11.6 Å². The van der Waals surface area contributed by atoms with E-state index in [1.54, 1.807) is 6.07 Å². The molecule has 0 radical (unpaired) electrons. The van der Waals surface area contributed by atoms with Crippen molar-refractivity contribution in [2.24, 2.45) is 0 Å². The first-order valence-corrected chi connectivity index (χ1v) is 7.78. The van der Waals surface area contributed by atoms with Crippen molar-refractivity contribution in [3.63, 3.8) is 0 Å². The van der Waals surface area contributed by atoms with Crippen LogP contribution in [-0.2, 0) is 16.0 Å². The Bertz CT molecular complexity index is 519. The average Bonchev–Trinajstić information content (AvgIpc) is 2.75. The fraction of sp³-hybridized carbons (Fsp3) is 0.500. The average molecular weight is 309 g/mol. The third-order valence-corrected chi connectivity index (χ3v) is 4.17. The van der Waals surface area contributed by atoms with Gasteiger partial charge >= 0.3 is 0 Å². The fourth-order valence-corrected chi connectivity index (χ4v) is 2.76. The number of benzene rings is 1. The molecule has 1 aliphatic heterocycles. The molecule has 114 valence electrons. The van der Waals surface area contributed by atoms with Crippen LogP contribution in [0.2, 0.25) is 5.02 Å². The zero-order valence-corrected chi connectivity index (χ0v) is 13.1. The summed E-state index contributed by atoms with van der Waals surface area (Å²) < 4.78 is 0. The van der Waals surface area contributed by atoms with Crippen molar-refractivity contribution in [2.75, 3.05) is 26.2 Å². The van der Waals surface area contributed by atoms with Gasteiger partial charge in [0.05, 0.1) is 6.42 Å². The summed E-state index contributed by atoms with van der Waals surface area (Å²) in [5.74, 6) is 0.240. The highest BCUT2D eigenvalue weighted by atomic mass is 35.5. The van der Waals surface area contributed by atoms with Crippen molar-refractivity contribution in [3.05, 3.63) is 34.9 Å². The van der Waals surface area contributed by atoms with E-state index in [1.807, 2.05) is 34.9 Å². The van der Waals surface area contributed by atoms with Gasteiger partial charge in [-0.1, -0.05) is 36.7 Å². The monoisotopic (exact) mass is 308 g/mol. The van der Waals surface area contributed by atoms with E-state index in [4.69, 9.17) is 11.6 Å². The number of nitrogens with zero attached hydrogens (tertiary/aromatic N) is 2. The summed E-state index contributed by atoms with van der Waals surface area (Å²) in [6.07, 6.45) is 1.68. The van der Waals surface area contributed by atoms with Crippen LogP contribution in [0.3, 0.4) is 0 Å². The minimum Gasteiger partial charge on any atom is -0.341 e. The van der Waals surface area contributed by atoms with Gasteiger partial charge < -0.3 is 9.80 Å². The molecule has 1 heterocycles. The van der Waals surface area contributed by atoms with Gasteiger partial charge in [-0.15, -0.1) is 0 Å². The molecule has 0 spiro atoms. The summed E-state index contributed by atoms with van der Waals surface area (Å²) in [5, 5.41) is 0.628. The number of amides is 2. The zero-order valence-electron chi connectivity index (χ0n) is 12.3. The summed E-state index contributed by atoms with van der Waals surface area (Å²) in [7, 11) is 0. The first-order chi connectivity index (χ1) is 10.1. The first kappa shape index (κ1) is 15.8. The minimum absolute atomic E-state index is 0.0777. The maximum Gasteiger partial charge on any atom is 0.227 e. The maximum atomic E-state index is 12.4. The molecule has 0 bridgehead atoms. The Labute approximate surface area is 130 Å². The van der Waals surface area contributed by atoms with Gasteiger partial charge in [-0.25, -0.2) is 0 Å². The summed E-state index contributed by atoms with van der Waals surface area (Å²) in [5.41, 5.74) is 0.856. The molecule has 1 aromatic carbocycles. The maximum absolute atomic E-state index is 12.4. The van der Waals surface area contributed by atoms with Crippen LogP contribution in [0.5, 0.6) is 0 Å². The minimum atomic E-state index is 0.0777. The molecule has 2 amide bonds. The largest absolute Gasteiger partial charge is 0.341 e. The Kier molecular flexibility index (Phi) is 5.62. The van der Waals surface area contributed by atoms with Gasteiger partial charge in [-0.2, -0.15) is 0 Å². The lowest BCUT2D eigenvalue weighted by molar-refractivity contribution is -0.133. The van der Waals surface area contributed by atoms with Crippen molar-refractivity contribution in [1.29, 1.82) is 0 Å². The van der Waals surface area contributed by atoms with E-state index < -0.39 is 0 Å². The van der Waals surface area contributed by atoms with Gasteiger partial charge in [-0.05, 0) is 18.1 Å². The molecule has 21 heavy (non-hydrogen) atoms. The van der Waals surface area contributed by atoms with E-state index >= 15 is 0 Å². The lowest BCUT2D eigenvalue weighted by atomic mass is 10.1. The van der Waals surface area contributed by atoms with Crippen LogP contribution in [0.15, 0.2) is 24.3 Å². The smallest absolute Gasteiger partial charge is 0.227 e. The summed E-state index contributed by atoms with van der Waals surface area (Å²) in [4.78, 5) is 27.8. The fourth-order valence-electron chi connectivity index (χ4n) is 2.56. The molecule has 1 saturated heterocycles. The second-order valence-electron chi connectivity index (χ2n) is 5.24. The van der Waals surface area contributed by atoms with Crippen LogP contribution < -0.4 is 0 Å². The Hall–Kier alpha value is -1.55. The lowest BCUT2D eigenvalue weighted by Crippen LogP contribution is -2.37. The molecular weight excluding hydrogens is 288 g/mol. The van der Waals surface area contributed by atoms with E-state index in [0.717, 1.165) is 18.5 Å². The number of hydrogen-bond donors (Lipinski definition) is 0. The standard InChI is InChI=1S/C16H21ClN2O2/c1-2-15(20)18-8-5-9-19(11-10-18)16(21)12-13-6-3-4-7-14(13)17/h3-4,6-7H,2,5,8-12H2,1H3. The van der Waals surface area contributed by atoms with Crippen LogP contribution in [0, 0.1) is 0 Å². The molecule has 1 aromatic rings. The SMILES string of the molecule is CCC(=O)N1CCCN(C(=O)Cc2ccccc2Cl)CC1. The second kappa shape index (κ2) is 7.46. The summed E-state index contributed by atoms with van der Waals surface area (Å²) >= 11 is 6.10. The Balaban J connectivity index is 1.94. The molecule has 4 nitrogen and oxygen atoms in total. The third-order valence-electron chi connectivity index (χ3n) is 3.80. The van der Waals surface area contributed by atoms with Crippen LogP contribution in [0.25, 0.3) is 0 Å². The summed E-state index contributed by atoms with van der Waals surface area (Å²) in [6, 6.07) is 7.42. The van der Waals surface area contributed by atoms with E-state index in [-0.39, 0.29) is 11.8 Å². The highest BCUT2D eigenvalue weighted by molar-refractivity contribution is 6.31. The second-order valence-corrected chi connectivity index (χ2v) is 5.64. The molecule has 0 atom stereocenters. The van der Waals surface area contributed by atoms with Gasteiger partial charge in [-0.3, -0.25) is 9.59 Å². The van der Waals surface area contributed by atoms with E-state index in [9.17, 15) is 9.59 Å². The number of carbonyl (C=O) groups is 2. The molecule has 1 fully saturated rings. The molecule has 1 aliphatic rings. The molecule has 2 rings (SSSR count). The first-order valence-electron chi connectivity index (χ1n) is 7.40. The van der Waals surface area contributed by atoms with Crippen LogP contribution in [-0.4, -0.2) is 47.8 Å². The zero-order chi connectivity index (χ0) is 15.2. The lowest BCUT2D eigenvalue weighted by Gasteiger charge is -2.22. The van der Waals surface area contributed by atoms with Crippen molar-refractivity contribution < 1.29 is 9.59 Å². The Morgan fingerprint density at radius 1 is 1.05 bits per heavy atom. The highest BCUT2D eigenvalue weighted by Crippen LogP contribution is 2.17. The van der Waals surface area contributed by atoms with E-state index in [2.05, 4.69) is 0 Å². The molecule has 0 unspecified atom stereocenters. The van der Waals surface area contributed by atoms with Gasteiger partial charge in [0.2, 0.25) is 11.8 Å². The summed E-state index contributed by atoms with van der Waals surface area (Å²) in [6.45, 7) is 4.54. The van der Waals surface area contributed by atoms with Crippen molar-refractivity contribution in [2.45, 2.75) is 26.2 Å². The number of halogens is 1. The molecule has 5 heteroatoms. The highest BCUT2D eigenvalue weighted by Gasteiger charge is 2.21. The van der Waals surface area contributed by atoms with E-state index in [1.165, 1.54) is 0 Å². The number of rotatable bonds is 3. The Morgan fingerprint density at radius 3 is 2.29 bits per heavy atom. The van der Waals surface area contributed by atoms with Crippen LogP contribution in [0.4, 0.5) is 0 Å². The molecule has 0 saturated carbocycles. The van der Waals surface area contributed by atoms with Crippen molar-refractivity contribution >= 4 is 23.4 Å². The predicted octanol–water partition coefficient (Wildman–Crippen LogP) is 2.35. The van der Waals surface area contributed by atoms with Gasteiger partial charge in [0.1, 0.15) is 0 Å². The third kappa shape index (κ3) is 4.21. The molecule has 0 aromatic heterocycles.